The molecule has 0 aliphatic carbocycles. The van der Waals surface area contributed by atoms with Crippen LogP contribution in [0, 0.1) is 0 Å². The lowest BCUT2D eigenvalue weighted by molar-refractivity contribution is 0.249. The summed E-state index contributed by atoms with van der Waals surface area (Å²) in [5.41, 5.74) is 7.19. The molecule has 0 amide bonds. The lowest BCUT2D eigenvalue weighted by atomic mass is 10.00. The van der Waals surface area contributed by atoms with Gasteiger partial charge in [0.2, 0.25) is 0 Å². The molecule has 1 aliphatic heterocycles. The maximum atomic E-state index is 5.92. The van der Waals surface area contributed by atoms with Gasteiger partial charge in [-0.3, -0.25) is 4.90 Å². The molecule has 5 heteroatoms. The van der Waals surface area contributed by atoms with Crippen molar-refractivity contribution >= 4 is 29.2 Å². The van der Waals surface area contributed by atoms with Gasteiger partial charge in [0.25, 0.3) is 0 Å². The van der Waals surface area contributed by atoms with Crippen molar-refractivity contribution in [1.29, 1.82) is 0 Å². The summed E-state index contributed by atoms with van der Waals surface area (Å²) >= 11 is 5.92. The van der Waals surface area contributed by atoms with Crippen molar-refractivity contribution in [3.05, 3.63) is 113 Å². The first kappa shape index (κ1) is 22.3. The van der Waals surface area contributed by atoms with E-state index in [-0.39, 0.29) is 0 Å². The number of nitrogens with zero attached hydrogens (tertiary/aromatic N) is 3. The van der Waals surface area contributed by atoms with Crippen LogP contribution in [0.15, 0.2) is 96.8 Å². The van der Waals surface area contributed by atoms with E-state index in [1.807, 2.05) is 18.2 Å². The zero-order chi connectivity index (χ0) is 23.2. The lowest BCUT2D eigenvalue weighted by Crippen LogP contribution is -2.30. The molecule has 3 heterocycles. The lowest BCUT2D eigenvalue weighted by Gasteiger charge is -2.28. The zero-order valence-electron chi connectivity index (χ0n) is 19.0. The fraction of sp³-hybridized carbons (Fsp3) is 0.172. The number of benzene rings is 2. The van der Waals surface area contributed by atoms with E-state index in [9.17, 15) is 0 Å². The number of pyridine rings is 2. The van der Waals surface area contributed by atoms with Gasteiger partial charge >= 0.3 is 0 Å². The topological polar surface area (TPSA) is 41.1 Å². The second kappa shape index (κ2) is 10.6. The monoisotopic (exact) mass is 466 g/mol. The number of nitrogens with one attached hydrogen (secondary N) is 1. The Bertz CT molecular complexity index is 1260. The average molecular weight is 467 g/mol. The number of anilines is 2. The van der Waals surface area contributed by atoms with Crippen molar-refractivity contribution in [3.8, 4) is 11.1 Å². The van der Waals surface area contributed by atoms with Gasteiger partial charge in [-0.25, -0.2) is 9.97 Å². The standard InChI is InChI=1S/C29H27ClN4/c30-28-10-9-26(20-32-28)25-11-14-31-29(19-25)33-27-8-4-7-24(18-27)17-22-12-15-34(16-13-22)21-23-5-2-1-3-6-23/h1-11,14,17-20H,12-13,15-16,21H2,(H,31,33). The highest BCUT2D eigenvalue weighted by molar-refractivity contribution is 6.29. The number of hydrogen-bond acceptors (Lipinski definition) is 4. The molecule has 0 saturated carbocycles. The van der Waals surface area contributed by atoms with Crippen LogP contribution in [-0.4, -0.2) is 28.0 Å². The van der Waals surface area contributed by atoms with Crippen molar-refractivity contribution in [1.82, 2.24) is 14.9 Å². The molecule has 2 aromatic carbocycles. The summed E-state index contributed by atoms with van der Waals surface area (Å²) < 4.78 is 0. The molecule has 1 saturated heterocycles. The van der Waals surface area contributed by atoms with Gasteiger partial charge < -0.3 is 5.32 Å². The van der Waals surface area contributed by atoms with E-state index in [0.717, 1.165) is 55.1 Å². The maximum absolute atomic E-state index is 5.92. The Hall–Kier alpha value is -3.47. The molecule has 1 fully saturated rings. The number of halogens is 1. The number of likely N-dealkylation sites (tertiary alicyclic amines) is 1. The second-order valence-corrected chi connectivity index (χ2v) is 9.00. The third-order valence-electron chi connectivity index (χ3n) is 6.10. The van der Waals surface area contributed by atoms with E-state index >= 15 is 0 Å². The highest BCUT2D eigenvalue weighted by atomic mass is 35.5. The van der Waals surface area contributed by atoms with Crippen LogP contribution >= 0.6 is 11.6 Å². The van der Waals surface area contributed by atoms with Crippen molar-refractivity contribution < 1.29 is 0 Å². The number of aromatic nitrogens is 2. The SMILES string of the molecule is Clc1ccc(-c2ccnc(Nc3cccc(C=C4CCN(Cc5ccccc5)CC4)c3)c2)cn1. The van der Waals surface area contributed by atoms with Gasteiger partial charge in [-0.15, -0.1) is 0 Å². The Morgan fingerprint density at radius 2 is 1.71 bits per heavy atom. The van der Waals surface area contributed by atoms with E-state index in [2.05, 4.69) is 80.9 Å². The smallest absolute Gasteiger partial charge is 0.130 e. The summed E-state index contributed by atoms with van der Waals surface area (Å²) in [5.74, 6) is 0.798. The minimum atomic E-state index is 0.490. The fourth-order valence-corrected chi connectivity index (χ4v) is 4.41. The molecule has 1 aliphatic rings. The normalized spacial score (nSPS) is 14.1. The maximum Gasteiger partial charge on any atom is 0.130 e. The van der Waals surface area contributed by atoms with Crippen LogP contribution in [0.1, 0.15) is 24.0 Å². The highest BCUT2D eigenvalue weighted by Gasteiger charge is 2.14. The summed E-state index contributed by atoms with van der Waals surface area (Å²) in [6, 6.07) is 27.0. The van der Waals surface area contributed by atoms with E-state index in [1.165, 1.54) is 16.7 Å². The van der Waals surface area contributed by atoms with Crippen molar-refractivity contribution in [2.24, 2.45) is 0 Å². The molecule has 0 atom stereocenters. The highest BCUT2D eigenvalue weighted by Crippen LogP contribution is 2.25. The summed E-state index contributed by atoms with van der Waals surface area (Å²) in [4.78, 5) is 11.2. The van der Waals surface area contributed by atoms with Crippen LogP contribution in [0.25, 0.3) is 17.2 Å². The van der Waals surface area contributed by atoms with E-state index in [4.69, 9.17) is 11.6 Å². The first-order chi connectivity index (χ1) is 16.7. The van der Waals surface area contributed by atoms with Crippen LogP contribution < -0.4 is 5.32 Å². The molecular weight excluding hydrogens is 440 g/mol. The second-order valence-electron chi connectivity index (χ2n) is 8.61. The third-order valence-corrected chi connectivity index (χ3v) is 6.32. The molecule has 170 valence electrons. The van der Waals surface area contributed by atoms with Gasteiger partial charge in [-0.2, -0.15) is 0 Å². The molecule has 1 N–H and O–H groups in total. The van der Waals surface area contributed by atoms with Gasteiger partial charge in [0, 0.05) is 43.3 Å². The van der Waals surface area contributed by atoms with E-state index in [1.54, 1.807) is 18.5 Å². The van der Waals surface area contributed by atoms with E-state index in [0.29, 0.717) is 5.15 Å². The van der Waals surface area contributed by atoms with Crippen LogP contribution in [0.2, 0.25) is 5.15 Å². The summed E-state index contributed by atoms with van der Waals surface area (Å²) in [7, 11) is 0. The predicted molar refractivity (Wildman–Crippen MR) is 141 cm³/mol. The molecule has 0 bridgehead atoms. The first-order valence-corrected chi connectivity index (χ1v) is 12.0. The molecule has 0 radical (unpaired) electrons. The summed E-state index contributed by atoms with van der Waals surface area (Å²) in [5, 5.41) is 3.93. The van der Waals surface area contributed by atoms with Gasteiger partial charge in [-0.1, -0.05) is 65.7 Å². The molecule has 0 unspecified atom stereocenters. The number of hydrogen-bond donors (Lipinski definition) is 1. The average Bonchev–Trinajstić information content (AvgIpc) is 2.87. The van der Waals surface area contributed by atoms with Gasteiger partial charge in [0.15, 0.2) is 0 Å². The Morgan fingerprint density at radius 3 is 2.50 bits per heavy atom. The zero-order valence-corrected chi connectivity index (χ0v) is 19.7. The minimum Gasteiger partial charge on any atom is -0.340 e. The molecule has 5 rings (SSSR count). The third kappa shape index (κ3) is 5.90. The van der Waals surface area contributed by atoms with Crippen LogP contribution in [0.4, 0.5) is 11.5 Å². The Kier molecular flexibility index (Phi) is 6.99. The number of rotatable bonds is 6. The Morgan fingerprint density at radius 1 is 0.853 bits per heavy atom. The molecule has 4 nitrogen and oxygen atoms in total. The van der Waals surface area contributed by atoms with Crippen molar-refractivity contribution in [2.45, 2.75) is 19.4 Å². The van der Waals surface area contributed by atoms with Crippen molar-refractivity contribution in [3.63, 3.8) is 0 Å². The Labute approximate surface area is 206 Å². The summed E-state index contributed by atoms with van der Waals surface area (Å²) in [6.45, 7) is 3.25. The molecule has 2 aromatic heterocycles. The van der Waals surface area contributed by atoms with Crippen LogP contribution in [-0.2, 0) is 6.54 Å². The van der Waals surface area contributed by atoms with E-state index < -0.39 is 0 Å². The van der Waals surface area contributed by atoms with Gasteiger partial charge in [0.1, 0.15) is 11.0 Å². The largest absolute Gasteiger partial charge is 0.340 e. The fourth-order valence-electron chi connectivity index (χ4n) is 4.30. The summed E-state index contributed by atoms with van der Waals surface area (Å²) in [6.07, 6.45) is 8.15. The Balaban J connectivity index is 1.23. The quantitative estimate of drug-likeness (QED) is 0.304. The van der Waals surface area contributed by atoms with Crippen LogP contribution in [0.5, 0.6) is 0 Å². The van der Waals surface area contributed by atoms with Gasteiger partial charge in [0.05, 0.1) is 0 Å². The molecule has 4 aromatic rings. The van der Waals surface area contributed by atoms with Crippen LogP contribution in [0.3, 0.4) is 0 Å². The predicted octanol–water partition coefficient (Wildman–Crippen LogP) is 7.22. The first-order valence-electron chi connectivity index (χ1n) is 11.6. The number of piperidine rings is 1. The minimum absolute atomic E-state index is 0.490. The van der Waals surface area contributed by atoms with Gasteiger partial charge in [-0.05, 0) is 65.9 Å². The molecule has 0 spiro atoms. The molecule has 34 heavy (non-hydrogen) atoms. The molecular formula is C29H27ClN4. The van der Waals surface area contributed by atoms with Crippen molar-refractivity contribution in [2.75, 3.05) is 18.4 Å².